The van der Waals surface area contributed by atoms with Gasteiger partial charge in [0.25, 0.3) is 0 Å². The number of likely N-dealkylation sites (N-methyl/N-ethyl adjacent to an activating group) is 1. The quantitative estimate of drug-likeness (QED) is 0.214. The zero-order valence-electron chi connectivity index (χ0n) is 32.3. The molecule has 0 saturated carbocycles. The lowest BCUT2D eigenvalue weighted by Crippen LogP contribution is -2.60. The number of ether oxygens (including phenoxy) is 6. The van der Waals surface area contributed by atoms with Gasteiger partial charge in [0.15, 0.2) is 12.6 Å². The smallest absolute Gasteiger partial charge is 0.311 e. The maximum atomic E-state index is 14.1. The SMILES string of the molecule is CC[C@@H]1OC(=O)[C@@H](C)C(OC2CC(C)(OC)C(O)C(C)O2)[C@@H](C)[C@H](OC2OC(C)CC(N)C2O)[C@@](C)(O)C[C@H](C)CN(C)[C@@H](C)[C@H](O)[C@@]1(C)O. The molecule has 0 aromatic rings. The van der Waals surface area contributed by atoms with Crippen molar-refractivity contribution in [2.45, 2.75) is 185 Å². The fourth-order valence-electron chi connectivity index (χ4n) is 8.28. The van der Waals surface area contributed by atoms with E-state index in [1.165, 1.54) is 14.0 Å². The van der Waals surface area contributed by atoms with E-state index in [1.54, 1.807) is 48.5 Å². The molecule has 3 aliphatic rings. The summed E-state index contributed by atoms with van der Waals surface area (Å²) in [5, 5.41) is 57.4. The molecule has 14 heteroatoms. The summed E-state index contributed by atoms with van der Waals surface area (Å²) >= 11 is 0. The highest BCUT2D eigenvalue weighted by Gasteiger charge is 2.52. The third-order valence-corrected chi connectivity index (χ3v) is 11.6. The molecule has 3 heterocycles. The van der Waals surface area contributed by atoms with E-state index in [0.717, 1.165) is 0 Å². The Morgan fingerprint density at radius 2 is 1.58 bits per heavy atom. The Morgan fingerprint density at radius 1 is 0.960 bits per heavy atom. The highest BCUT2D eigenvalue weighted by atomic mass is 16.7. The summed E-state index contributed by atoms with van der Waals surface area (Å²) < 4.78 is 37.0. The minimum atomic E-state index is -1.80. The van der Waals surface area contributed by atoms with Crippen LogP contribution in [0.15, 0.2) is 0 Å². The first-order valence-electron chi connectivity index (χ1n) is 18.3. The molecule has 9 unspecified atom stereocenters. The number of hydrogen-bond acceptors (Lipinski definition) is 14. The van der Waals surface area contributed by atoms with Gasteiger partial charge in [0.2, 0.25) is 0 Å². The van der Waals surface area contributed by atoms with Crippen LogP contribution < -0.4 is 5.73 Å². The molecule has 7 N–H and O–H groups in total. The number of rotatable bonds is 6. The van der Waals surface area contributed by atoms with E-state index in [9.17, 15) is 30.3 Å². The van der Waals surface area contributed by atoms with Crippen LogP contribution in [0.2, 0.25) is 0 Å². The van der Waals surface area contributed by atoms with Gasteiger partial charge >= 0.3 is 5.97 Å². The predicted molar refractivity (Wildman–Crippen MR) is 185 cm³/mol. The lowest BCUT2D eigenvalue weighted by molar-refractivity contribution is -0.315. The van der Waals surface area contributed by atoms with Crippen LogP contribution in [0.5, 0.6) is 0 Å². The number of nitrogens with two attached hydrogens (primary N) is 1. The molecule has 0 aliphatic carbocycles. The third kappa shape index (κ3) is 9.55. The van der Waals surface area contributed by atoms with Crippen molar-refractivity contribution in [1.29, 1.82) is 0 Å². The fourth-order valence-corrected chi connectivity index (χ4v) is 8.28. The fraction of sp³-hybridized carbons (Fsp3) is 0.972. The minimum absolute atomic E-state index is 0.123. The number of aliphatic hydroxyl groups is 5. The zero-order chi connectivity index (χ0) is 38.1. The Hall–Kier alpha value is -1.01. The van der Waals surface area contributed by atoms with Crippen LogP contribution in [-0.2, 0) is 33.2 Å². The minimum Gasteiger partial charge on any atom is -0.459 e. The largest absolute Gasteiger partial charge is 0.459 e. The number of methoxy groups -OCH3 is 1. The zero-order valence-corrected chi connectivity index (χ0v) is 32.3. The molecule has 18 atom stereocenters. The first-order valence-corrected chi connectivity index (χ1v) is 18.3. The highest BCUT2D eigenvalue weighted by Crippen LogP contribution is 2.40. The molecule has 0 spiro atoms. The monoisotopic (exact) mass is 720 g/mol. The normalized spacial score (nSPS) is 51.0. The van der Waals surface area contributed by atoms with Crippen molar-refractivity contribution < 1.29 is 58.7 Å². The van der Waals surface area contributed by atoms with Gasteiger partial charge in [-0.2, -0.15) is 0 Å². The van der Waals surface area contributed by atoms with Crippen LogP contribution in [0.4, 0.5) is 0 Å². The summed E-state index contributed by atoms with van der Waals surface area (Å²) in [7, 11) is 3.32. The second kappa shape index (κ2) is 17.0. The van der Waals surface area contributed by atoms with E-state index in [2.05, 4.69) is 0 Å². The summed E-state index contributed by atoms with van der Waals surface area (Å²) in [5.41, 5.74) is 1.86. The van der Waals surface area contributed by atoms with Crippen molar-refractivity contribution in [3.8, 4) is 0 Å². The highest BCUT2D eigenvalue weighted by molar-refractivity contribution is 5.73. The van der Waals surface area contributed by atoms with Crippen molar-refractivity contribution >= 4 is 5.97 Å². The molecular weight excluding hydrogens is 652 g/mol. The van der Waals surface area contributed by atoms with Crippen molar-refractivity contribution in [1.82, 2.24) is 4.90 Å². The van der Waals surface area contributed by atoms with Gasteiger partial charge in [-0.15, -0.1) is 0 Å². The van der Waals surface area contributed by atoms with Crippen LogP contribution in [0.25, 0.3) is 0 Å². The van der Waals surface area contributed by atoms with Gasteiger partial charge in [-0.3, -0.25) is 4.79 Å². The van der Waals surface area contributed by atoms with Crippen LogP contribution in [-0.4, -0.2) is 147 Å². The van der Waals surface area contributed by atoms with Crippen molar-refractivity contribution in [2.24, 2.45) is 23.5 Å². The number of hydrogen-bond donors (Lipinski definition) is 6. The molecule has 3 fully saturated rings. The van der Waals surface area contributed by atoms with Gasteiger partial charge < -0.3 is 64.6 Å². The lowest BCUT2D eigenvalue weighted by atomic mass is 9.77. The second-order valence-electron chi connectivity index (χ2n) is 16.3. The van der Waals surface area contributed by atoms with Crippen LogP contribution in [0, 0.1) is 17.8 Å². The Labute approximate surface area is 298 Å². The molecule has 3 saturated heterocycles. The van der Waals surface area contributed by atoms with Gasteiger partial charge in [-0.1, -0.05) is 20.8 Å². The molecule has 14 nitrogen and oxygen atoms in total. The van der Waals surface area contributed by atoms with Crippen LogP contribution in [0.1, 0.15) is 94.9 Å². The molecule has 50 heavy (non-hydrogen) atoms. The molecular formula is C36H68N2O12. The number of aliphatic hydroxyl groups excluding tert-OH is 3. The van der Waals surface area contributed by atoms with Crippen molar-refractivity contribution in [3.63, 3.8) is 0 Å². The lowest BCUT2D eigenvalue weighted by Gasteiger charge is -2.48. The van der Waals surface area contributed by atoms with Gasteiger partial charge in [0.05, 0.1) is 41.5 Å². The number of carbonyl (C=O) groups is 1. The van der Waals surface area contributed by atoms with Gasteiger partial charge in [0, 0.05) is 38.1 Å². The van der Waals surface area contributed by atoms with Crippen LogP contribution >= 0.6 is 0 Å². The van der Waals surface area contributed by atoms with E-state index in [1.807, 2.05) is 25.8 Å². The molecule has 0 bridgehead atoms. The first kappa shape index (κ1) is 43.4. The second-order valence-corrected chi connectivity index (χ2v) is 16.3. The average Bonchev–Trinajstić information content (AvgIpc) is 3.03. The molecule has 0 radical (unpaired) electrons. The molecule has 0 amide bonds. The van der Waals surface area contributed by atoms with E-state index in [4.69, 9.17) is 34.2 Å². The number of carbonyl (C=O) groups excluding carboxylic acids is 1. The molecule has 294 valence electrons. The van der Waals surface area contributed by atoms with E-state index >= 15 is 0 Å². The van der Waals surface area contributed by atoms with Gasteiger partial charge in [0.1, 0.15) is 30.0 Å². The van der Waals surface area contributed by atoms with Crippen molar-refractivity contribution in [3.05, 3.63) is 0 Å². The maximum absolute atomic E-state index is 14.1. The summed E-state index contributed by atoms with van der Waals surface area (Å²) in [5.74, 6) is -2.64. The molecule has 0 aromatic carbocycles. The summed E-state index contributed by atoms with van der Waals surface area (Å²) in [4.78, 5) is 16.0. The predicted octanol–water partition coefficient (Wildman–Crippen LogP) is 1.30. The topological polar surface area (TPSA) is 203 Å². The maximum Gasteiger partial charge on any atom is 0.311 e. The Bertz CT molecular complexity index is 1100. The summed E-state index contributed by atoms with van der Waals surface area (Å²) in [6.07, 6.45) is -8.74. The van der Waals surface area contributed by atoms with E-state index < -0.39 is 102 Å². The number of cyclic esters (lactones) is 1. The van der Waals surface area contributed by atoms with Gasteiger partial charge in [-0.25, -0.2) is 0 Å². The molecule has 0 aromatic heterocycles. The number of nitrogens with zero attached hydrogens (tertiary/aromatic N) is 1. The van der Waals surface area contributed by atoms with Crippen LogP contribution in [0.3, 0.4) is 0 Å². The summed E-state index contributed by atoms with van der Waals surface area (Å²) in [6, 6.07) is -1.17. The Balaban J connectivity index is 2.16. The Morgan fingerprint density at radius 3 is 2.16 bits per heavy atom. The molecule has 3 rings (SSSR count). The number of esters is 1. The summed E-state index contributed by atoms with van der Waals surface area (Å²) in [6.45, 7) is 17.8. The Kier molecular flexibility index (Phi) is 14.7. The first-order chi connectivity index (χ1) is 23.0. The average molecular weight is 721 g/mol. The van der Waals surface area contributed by atoms with Gasteiger partial charge in [-0.05, 0) is 80.7 Å². The third-order valence-electron chi connectivity index (χ3n) is 11.6. The molecule has 3 aliphatic heterocycles. The standard InChI is InChI=1S/C36H68N2O12/c1-13-25-36(10,44)29(40)22(6)38(11)17-18(2)15-34(8,43)31(50-33-27(39)24(37)14-19(3)46-33)20(4)28(21(5)32(42)48-25)49-26-16-35(9,45-12)30(41)23(7)47-26/h18-31,33,39-41,43-44H,13-17,37H2,1-12H3/t18-,19?,20+,21-,22-,23?,24?,25-,26?,27?,28?,29-,30?,31-,33?,34-,35?,36-/m0/s1. The van der Waals surface area contributed by atoms with E-state index in [-0.39, 0.29) is 31.3 Å². The van der Waals surface area contributed by atoms with E-state index in [0.29, 0.717) is 13.0 Å². The van der Waals surface area contributed by atoms with Crippen molar-refractivity contribution in [2.75, 3.05) is 20.7 Å².